The minimum Gasteiger partial charge on any atom is -0.357 e. The summed E-state index contributed by atoms with van der Waals surface area (Å²) in [6.07, 6.45) is 4.91. The molecule has 4 rings (SSSR count). The van der Waals surface area contributed by atoms with Gasteiger partial charge in [0.15, 0.2) is 11.6 Å². The van der Waals surface area contributed by atoms with E-state index in [4.69, 9.17) is 4.52 Å². The third kappa shape index (κ3) is 5.62. The van der Waals surface area contributed by atoms with E-state index in [1.54, 1.807) is 12.1 Å². The first kappa shape index (κ1) is 25.9. The predicted molar refractivity (Wildman–Crippen MR) is 141 cm³/mol. The topological polar surface area (TPSA) is 88.3 Å². The molecule has 0 saturated heterocycles. The lowest BCUT2D eigenvalue weighted by atomic mass is 9.93. The number of halogens is 1. The summed E-state index contributed by atoms with van der Waals surface area (Å²) in [6.45, 7) is 11.8. The zero-order valence-electron chi connectivity index (χ0n) is 20.9. The predicted octanol–water partition coefficient (Wildman–Crippen LogP) is 6.00. The largest absolute Gasteiger partial charge is 0.357 e. The van der Waals surface area contributed by atoms with Crippen molar-refractivity contribution < 1.29 is 12.9 Å². The Balaban J connectivity index is 1.53. The van der Waals surface area contributed by atoms with E-state index in [0.717, 1.165) is 37.1 Å². The highest BCUT2D eigenvalue weighted by Crippen LogP contribution is 2.36. The van der Waals surface area contributed by atoms with Crippen LogP contribution in [0.1, 0.15) is 75.2 Å². The lowest BCUT2D eigenvalue weighted by molar-refractivity contribution is 0.191. The van der Waals surface area contributed by atoms with Crippen LogP contribution in [0, 0.1) is 0 Å². The van der Waals surface area contributed by atoms with Crippen LogP contribution in [0.4, 0.5) is 5.82 Å². The van der Waals surface area contributed by atoms with E-state index in [9.17, 15) is 8.42 Å². The monoisotopic (exact) mass is 560 g/mol. The number of benzene rings is 1. The summed E-state index contributed by atoms with van der Waals surface area (Å²) in [7, 11) is -3.83. The first-order valence-electron chi connectivity index (χ1n) is 12.0. The maximum absolute atomic E-state index is 13.2. The fraction of sp³-hybridized carbons (Fsp3) is 0.462. The normalized spacial score (nSPS) is 15.6. The summed E-state index contributed by atoms with van der Waals surface area (Å²) in [5.41, 5.74) is 4.18. The molecule has 0 spiro atoms. The van der Waals surface area contributed by atoms with Crippen molar-refractivity contribution in [1.82, 2.24) is 15.0 Å². The lowest BCUT2D eigenvalue weighted by Gasteiger charge is -2.34. The van der Waals surface area contributed by atoms with Gasteiger partial charge in [0.05, 0.1) is 4.90 Å². The van der Waals surface area contributed by atoms with E-state index < -0.39 is 10.0 Å². The molecule has 0 radical (unpaired) electrons. The van der Waals surface area contributed by atoms with Gasteiger partial charge in [-0.25, -0.2) is 8.42 Å². The minimum atomic E-state index is -3.83. The molecule has 3 aromatic rings. The van der Waals surface area contributed by atoms with Crippen LogP contribution in [0.2, 0.25) is 0 Å². The van der Waals surface area contributed by atoms with E-state index >= 15 is 0 Å². The van der Waals surface area contributed by atoms with E-state index in [-0.39, 0.29) is 22.2 Å². The number of rotatable bonds is 7. The van der Waals surface area contributed by atoms with Crippen molar-refractivity contribution in [2.24, 2.45) is 0 Å². The van der Waals surface area contributed by atoms with E-state index in [2.05, 4.69) is 61.7 Å². The maximum atomic E-state index is 13.2. The van der Waals surface area contributed by atoms with Gasteiger partial charge in [-0.2, -0.15) is 0 Å². The van der Waals surface area contributed by atoms with Crippen molar-refractivity contribution in [3.8, 4) is 0 Å². The Hall–Kier alpha value is -2.23. The molecule has 2 aromatic heterocycles. The van der Waals surface area contributed by atoms with E-state index in [1.165, 1.54) is 11.1 Å². The second-order valence-corrected chi connectivity index (χ2v) is 12.7. The molecule has 0 amide bonds. The molecule has 7 nitrogen and oxygen atoms in total. The van der Waals surface area contributed by atoms with Crippen LogP contribution in [-0.4, -0.2) is 30.0 Å². The first-order chi connectivity index (χ1) is 16.5. The Kier molecular flexibility index (Phi) is 7.41. The highest BCUT2D eigenvalue weighted by atomic mass is 79.9. The number of nitrogens with one attached hydrogen (secondary N) is 1. The van der Waals surface area contributed by atoms with Gasteiger partial charge in [0.25, 0.3) is 10.0 Å². The molecule has 1 unspecified atom stereocenters. The number of hydrogen-bond donors (Lipinski definition) is 1. The molecule has 1 atom stereocenters. The van der Waals surface area contributed by atoms with Crippen LogP contribution < -0.4 is 4.72 Å². The molecule has 0 bridgehead atoms. The van der Waals surface area contributed by atoms with Gasteiger partial charge in [0.1, 0.15) is 4.47 Å². The van der Waals surface area contributed by atoms with E-state index in [0.29, 0.717) is 16.8 Å². The molecule has 9 heteroatoms. The fourth-order valence-corrected chi connectivity index (χ4v) is 6.37. The molecule has 1 N–H and O–H groups in total. The number of fused-ring (bicyclic) bond motifs is 1. The number of anilines is 1. The molecule has 0 saturated carbocycles. The highest BCUT2D eigenvalue weighted by molar-refractivity contribution is 9.10. The molecule has 0 aliphatic carbocycles. The molecule has 1 aromatic carbocycles. The highest BCUT2D eigenvalue weighted by Gasteiger charge is 2.29. The molecule has 3 heterocycles. The Morgan fingerprint density at radius 1 is 1.20 bits per heavy atom. The molecule has 35 heavy (non-hydrogen) atoms. The summed E-state index contributed by atoms with van der Waals surface area (Å²) in [5.74, 6) is 0.740. The second kappa shape index (κ2) is 10.0. The summed E-state index contributed by atoms with van der Waals surface area (Å²) in [5, 5.41) is 3.94. The smallest absolute Gasteiger partial charge is 0.263 e. The second-order valence-electron chi connectivity index (χ2n) is 10.2. The van der Waals surface area contributed by atoms with Crippen molar-refractivity contribution in [1.29, 1.82) is 0 Å². The number of sulfonamides is 1. The number of hydrogen-bond acceptors (Lipinski definition) is 6. The molecule has 1 aliphatic heterocycles. The Bertz CT molecular complexity index is 1300. The molecular weight excluding hydrogens is 528 g/mol. The Labute approximate surface area is 216 Å². The standard InChI is InChI=1S/C26H33BrN4O3S/c1-6-7-21-10-8-19(15-28-21)17(2)31-13-12-18-9-11-22(14-20(18)16-31)35(32,33)30-25-23(27)24(34-29-25)26(3,4)5/h8-11,14-15,17H,6-7,12-13,16H2,1-5H3,(H,29,30). The summed E-state index contributed by atoms with van der Waals surface area (Å²) >= 11 is 3.44. The van der Waals surface area contributed by atoms with Gasteiger partial charge in [0.2, 0.25) is 0 Å². The van der Waals surface area contributed by atoms with Crippen molar-refractivity contribution in [3.63, 3.8) is 0 Å². The summed E-state index contributed by atoms with van der Waals surface area (Å²) < 4.78 is 34.9. The van der Waals surface area contributed by atoms with Crippen molar-refractivity contribution in [2.75, 3.05) is 11.3 Å². The Morgan fingerprint density at radius 2 is 1.97 bits per heavy atom. The lowest BCUT2D eigenvalue weighted by Crippen LogP contribution is -2.33. The fourth-order valence-electron chi connectivity index (χ4n) is 4.35. The summed E-state index contributed by atoms with van der Waals surface area (Å²) in [6, 6.07) is 9.81. The zero-order chi connectivity index (χ0) is 25.4. The maximum Gasteiger partial charge on any atom is 0.263 e. The third-order valence-corrected chi connectivity index (χ3v) is 8.53. The Morgan fingerprint density at radius 3 is 2.60 bits per heavy atom. The number of nitrogens with zero attached hydrogens (tertiary/aromatic N) is 3. The number of pyridine rings is 1. The van der Waals surface area contributed by atoms with Gasteiger partial charge < -0.3 is 4.52 Å². The SMILES string of the molecule is CCCc1ccc(C(C)N2CCc3ccc(S(=O)(=O)Nc4noc(C(C)(C)C)c4Br)cc3C2)cn1. The van der Waals surface area contributed by atoms with Crippen LogP contribution in [-0.2, 0) is 34.8 Å². The van der Waals surface area contributed by atoms with Crippen molar-refractivity contribution in [3.05, 3.63) is 69.1 Å². The van der Waals surface area contributed by atoms with Gasteiger partial charge in [-0.05, 0) is 70.6 Å². The third-order valence-electron chi connectivity index (χ3n) is 6.46. The van der Waals surface area contributed by atoms with Crippen LogP contribution in [0.25, 0.3) is 0 Å². The van der Waals surface area contributed by atoms with Crippen molar-refractivity contribution >= 4 is 31.8 Å². The minimum absolute atomic E-state index is 0.155. The van der Waals surface area contributed by atoms with Crippen LogP contribution in [0.3, 0.4) is 0 Å². The van der Waals surface area contributed by atoms with Crippen LogP contribution in [0.5, 0.6) is 0 Å². The molecular formula is C26H33BrN4O3S. The van der Waals surface area contributed by atoms with Gasteiger partial charge >= 0.3 is 0 Å². The van der Waals surface area contributed by atoms with Crippen LogP contribution >= 0.6 is 15.9 Å². The van der Waals surface area contributed by atoms with Crippen LogP contribution in [0.15, 0.2) is 50.4 Å². The molecule has 188 valence electrons. The average molecular weight is 562 g/mol. The summed E-state index contributed by atoms with van der Waals surface area (Å²) in [4.78, 5) is 7.19. The average Bonchev–Trinajstić information content (AvgIpc) is 3.18. The van der Waals surface area contributed by atoms with Gasteiger partial charge in [-0.15, -0.1) is 0 Å². The van der Waals surface area contributed by atoms with Crippen molar-refractivity contribution in [2.45, 2.75) is 76.8 Å². The van der Waals surface area contributed by atoms with Gasteiger partial charge in [-0.1, -0.05) is 51.4 Å². The quantitative estimate of drug-likeness (QED) is 0.381. The van der Waals surface area contributed by atoms with Gasteiger partial charge in [0, 0.05) is 36.4 Å². The molecule has 0 fully saturated rings. The number of aromatic nitrogens is 2. The molecule has 1 aliphatic rings. The van der Waals surface area contributed by atoms with Gasteiger partial charge in [-0.3, -0.25) is 14.6 Å². The number of aryl methyl sites for hydroxylation is 1. The van der Waals surface area contributed by atoms with E-state index in [1.807, 2.05) is 33.0 Å². The zero-order valence-corrected chi connectivity index (χ0v) is 23.3. The first-order valence-corrected chi connectivity index (χ1v) is 14.3.